The van der Waals surface area contributed by atoms with Crippen LogP contribution in [0.2, 0.25) is 0 Å². The number of halogens is 2. The second-order valence-corrected chi connectivity index (χ2v) is 4.97. The topological polar surface area (TPSA) is 34.4 Å². The third-order valence-electron chi connectivity index (χ3n) is 3.25. The lowest BCUT2D eigenvalue weighted by Crippen LogP contribution is -2.25. The van der Waals surface area contributed by atoms with Gasteiger partial charge in [0.05, 0.1) is 12.5 Å². The molecule has 3 nitrogen and oxygen atoms in total. The molecular weight excluding hydrogens is 276 g/mol. The van der Waals surface area contributed by atoms with E-state index in [1.807, 2.05) is 18.2 Å². The van der Waals surface area contributed by atoms with Gasteiger partial charge in [-0.15, -0.1) is 0 Å². The second kappa shape index (κ2) is 7.78. The normalized spacial score (nSPS) is 12.6. The van der Waals surface area contributed by atoms with Crippen LogP contribution in [0, 0.1) is 0 Å². The van der Waals surface area contributed by atoms with Crippen molar-refractivity contribution in [2.45, 2.75) is 39.0 Å². The molecule has 0 radical (unpaired) electrons. The number of alkyl halides is 2. The molecule has 2 aromatic rings. The number of benzene rings is 1. The molecule has 2 rings (SSSR count). The molecule has 0 saturated heterocycles. The number of ether oxygens (including phenoxy) is 1. The van der Waals surface area contributed by atoms with Gasteiger partial charge in [-0.25, -0.2) is 0 Å². The van der Waals surface area contributed by atoms with Gasteiger partial charge in [-0.05, 0) is 43.5 Å². The molecule has 0 aliphatic carbocycles. The molecule has 0 aliphatic rings. The minimum atomic E-state index is -2.78. The first-order valence-electron chi connectivity index (χ1n) is 6.91. The summed E-state index contributed by atoms with van der Waals surface area (Å²) >= 11 is 0. The largest absolute Gasteiger partial charge is 0.472 e. The van der Waals surface area contributed by atoms with Crippen LogP contribution in [0.5, 0.6) is 5.75 Å². The van der Waals surface area contributed by atoms with Crippen LogP contribution in [0.1, 0.15) is 24.5 Å². The molecule has 1 atom stereocenters. The quantitative estimate of drug-likeness (QED) is 0.799. The molecule has 1 aromatic carbocycles. The molecule has 0 amide bonds. The van der Waals surface area contributed by atoms with Crippen molar-refractivity contribution in [3.63, 3.8) is 0 Å². The Morgan fingerprint density at radius 3 is 2.52 bits per heavy atom. The monoisotopic (exact) mass is 295 g/mol. The fourth-order valence-corrected chi connectivity index (χ4v) is 2.01. The van der Waals surface area contributed by atoms with Crippen molar-refractivity contribution >= 4 is 0 Å². The maximum atomic E-state index is 12.0. The van der Waals surface area contributed by atoms with E-state index in [4.69, 9.17) is 4.42 Å². The number of hydrogen-bond donors (Lipinski definition) is 1. The van der Waals surface area contributed by atoms with E-state index in [1.165, 1.54) is 0 Å². The van der Waals surface area contributed by atoms with Gasteiger partial charge in [0.25, 0.3) is 0 Å². The van der Waals surface area contributed by atoms with Gasteiger partial charge in [-0.3, -0.25) is 0 Å². The standard InChI is InChI=1S/C16H19F2NO2/c1-12(19-10-14-8-9-20-11-14)2-3-13-4-6-15(7-5-13)21-16(17)18/h4-9,11-12,16,19H,2-3,10H2,1H3. The summed E-state index contributed by atoms with van der Waals surface area (Å²) in [5.41, 5.74) is 2.23. The zero-order valence-corrected chi connectivity index (χ0v) is 11.9. The van der Waals surface area contributed by atoms with Crippen LogP contribution >= 0.6 is 0 Å². The molecule has 1 N–H and O–H groups in total. The summed E-state index contributed by atoms with van der Waals surface area (Å²) in [5.74, 6) is 0.194. The van der Waals surface area contributed by atoms with E-state index in [1.54, 1.807) is 24.7 Å². The molecule has 0 fully saturated rings. The van der Waals surface area contributed by atoms with Gasteiger partial charge < -0.3 is 14.5 Å². The van der Waals surface area contributed by atoms with Gasteiger partial charge in [0, 0.05) is 18.2 Å². The molecule has 0 saturated carbocycles. The summed E-state index contributed by atoms with van der Waals surface area (Å²) in [6.07, 6.45) is 5.23. The first-order chi connectivity index (χ1) is 10.1. The predicted octanol–water partition coefficient (Wildman–Crippen LogP) is 3.99. The van der Waals surface area contributed by atoms with Crippen molar-refractivity contribution in [3.8, 4) is 5.75 Å². The molecule has 114 valence electrons. The molecule has 0 spiro atoms. The predicted molar refractivity (Wildman–Crippen MR) is 76.4 cm³/mol. The summed E-state index contributed by atoms with van der Waals surface area (Å²) < 4.78 is 33.4. The van der Waals surface area contributed by atoms with Crippen LogP contribution in [0.3, 0.4) is 0 Å². The number of aryl methyl sites for hydroxylation is 1. The summed E-state index contributed by atoms with van der Waals surface area (Å²) in [6, 6.07) is 9.08. The molecule has 1 aromatic heterocycles. The summed E-state index contributed by atoms with van der Waals surface area (Å²) in [4.78, 5) is 0. The average molecular weight is 295 g/mol. The van der Waals surface area contributed by atoms with Crippen molar-refractivity contribution in [2.24, 2.45) is 0 Å². The Morgan fingerprint density at radius 2 is 1.90 bits per heavy atom. The Balaban J connectivity index is 1.71. The van der Waals surface area contributed by atoms with E-state index < -0.39 is 6.61 Å². The van der Waals surface area contributed by atoms with Crippen LogP contribution in [0.4, 0.5) is 8.78 Å². The van der Waals surface area contributed by atoms with Crippen molar-refractivity contribution < 1.29 is 17.9 Å². The Bertz CT molecular complexity index is 512. The number of furan rings is 1. The number of rotatable bonds is 8. The van der Waals surface area contributed by atoms with Gasteiger partial charge in [0.1, 0.15) is 5.75 Å². The highest BCUT2D eigenvalue weighted by Crippen LogP contribution is 2.16. The van der Waals surface area contributed by atoms with Crippen molar-refractivity contribution in [1.29, 1.82) is 0 Å². The average Bonchev–Trinajstić information content (AvgIpc) is 2.97. The third kappa shape index (κ3) is 5.55. The minimum absolute atomic E-state index is 0.194. The van der Waals surface area contributed by atoms with Crippen molar-refractivity contribution in [1.82, 2.24) is 5.32 Å². The SMILES string of the molecule is CC(CCc1ccc(OC(F)F)cc1)NCc1ccoc1. The molecule has 0 aliphatic heterocycles. The summed E-state index contributed by atoms with van der Waals surface area (Å²) in [5, 5.41) is 3.41. The first-order valence-corrected chi connectivity index (χ1v) is 6.91. The van der Waals surface area contributed by atoms with Crippen molar-refractivity contribution in [3.05, 3.63) is 54.0 Å². The molecule has 1 heterocycles. The number of nitrogens with one attached hydrogen (secondary N) is 1. The Labute approximate surface area is 122 Å². The fraction of sp³-hybridized carbons (Fsp3) is 0.375. The van der Waals surface area contributed by atoms with E-state index in [9.17, 15) is 8.78 Å². The maximum absolute atomic E-state index is 12.0. The van der Waals surface area contributed by atoms with E-state index in [0.29, 0.717) is 6.04 Å². The molecule has 5 heteroatoms. The lowest BCUT2D eigenvalue weighted by molar-refractivity contribution is -0.0498. The zero-order chi connectivity index (χ0) is 15.1. The van der Waals surface area contributed by atoms with Gasteiger partial charge in [-0.1, -0.05) is 12.1 Å². The fourth-order valence-electron chi connectivity index (χ4n) is 2.01. The highest BCUT2D eigenvalue weighted by molar-refractivity contribution is 5.27. The Kier molecular flexibility index (Phi) is 5.75. The lowest BCUT2D eigenvalue weighted by atomic mass is 10.1. The summed E-state index contributed by atoms with van der Waals surface area (Å²) in [7, 11) is 0. The highest BCUT2D eigenvalue weighted by atomic mass is 19.3. The van der Waals surface area contributed by atoms with E-state index in [2.05, 4.69) is 17.0 Å². The van der Waals surface area contributed by atoms with E-state index >= 15 is 0 Å². The van der Waals surface area contributed by atoms with E-state index in [-0.39, 0.29) is 5.75 Å². The van der Waals surface area contributed by atoms with Crippen LogP contribution in [-0.2, 0) is 13.0 Å². The Hall–Kier alpha value is -1.88. The van der Waals surface area contributed by atoms with E-state index in [0.717, 1.165) is 30.5 Å². The maximum Gasteiger partial charge on any atom is 0.387 e. The van der Waals surface area contributed by atoms with Gasteiger partial charge in [0.15, 0.2) is 0 Å². The molecule has 1 unspecified atom stereocenters. The highest BCUT2D eigenvalue weighted by Gasteiger charge is 2.05. The van der Waals surface area contributed by atoms with Gasteiger partial charge in [-0.2, -0.15) is 8.78 Å². The molecule has 21 heavy (non-hydrogen) atoms. The third-order valence-corrected chi connectivity index (χ3v) is 3.25. The van der Waals surface area contributed by atoms with Crippen LogP contribution in [0.25, 0.3) is 0 Å². The smallest absolute Gasteiger partial charge is 0.387 e. The second-order valence-electron chi connectivity index (χ2n) is 4.97. The van der Waals surface area contributed by atoms with Crippen molar-refractivity contribution in [2.75, 3.05) is 0 Å². The van der Waals surface area contributed by atoms with Gasteiger partial charge >= 0.3 is 6.61 Å². The lowest BCUT2D eigenvalue weighted by Gasteiger charge is -2.13. The van der Waals surface area contributed by atoms with Gasteiger partial charge in [0.2, 0.25) is 0 Å². The molecule has 0 bridgehead atoms. The number of hydrogen-bond acceptors (Lipinski definition) is 3. The van der Waals surface area contributed by atoms with Crippen LogP contribution in [0.15, 0.2) is 47.3 Å². The minimum Gasteiger partial charge on any atom is -0.472 e. The zero-order valence-electron chi connectivity index (χ0n) is 11.9. The summed E-state index contributed by atoms with van der Waals surface area (Å²) in [6.45, 7) is 0.121. The van der Waals surface area contributed by atoms with Crippen LogP contribution < -0.4 is 10.1 Å². The van der Waals surface area contributed by atoms with Crippen LogP contribution in [-0.4, -0.2) is 12.7 Å². The Morgan fingerprint density at radius 1 is 1.14 bits per heavy atom. The first kappa shape index (κ1) is 15.5. The molecular formula is C16H19F2NO2.